The van der Waals surface area contributed by atoms with E-state index in [2.05, 4.69) is 34.4 Å². The highest BCUT2D eigenvalue weighted by molar-refractivity contribution is 6.32. The van der Waals surface area contributed by atoms with Crippen molar-refractivity contribution in [3.05, 3.63) is 22.8 Å². The fourth-order valence-electron chi connectivity index (χ4n) is 2.67. The summed E-state index contributed by atoms with van der Waals surface area (Å²) in [6, 6.07) is 4.69. The first kappa shape index (κ1) is 12.8. The Labute approximate surface area is 117 Å². The predicted molar refractivity (Wildman–Crippen MR) is 76.8 cm³/mol. The number of fused-ring (bicyclic) bond motifs is 3. The van der Waals surface area contributed by atoms with Crippen LogP contribution in [0.15, 0.2) is 12.1 Å². The van der Waals surface area contributed by atoms with Crippen molar-refractivity contribution in [1.82, 2.24) is 14.5 Å². The number of aromatic nitrogens is 2. The third-order valence-electron chi connectivity index (χ3n) is 3.78. The predicted octanol–water partition coefficient (Wildman–Crippen LogP) is 2.92. The molecule has 0 aliphatic carbocycles. The summed E-state index contributed by atoms with van der Waals surface area (Å²) in [6.07, 6.45) is 0. The summed E-state index contributed by atoms with van der Waals surface area (Å²) < 4.78 is 7.48. The van der Waals surface area contributed by atoms with Crippen LogP contribution >= 0.6 is 11.6 Å². The Kier molecular flexibility index (Phi) is 3.15. The van der Waals surface area contributed by atoms with Gasteiger partial charge in [0.2, 0.25) is 5.88 Å². The minimum Gasteiger partial charge on any atom is -0.480 e. The molecule has 0 saturated heterocycles. The molecule has 0 fully saturated rings. The second kappa shape index (κ2) is 4.69. The normalized spacial score (nSPS) is 16.1. The molecule has 0 radical (unpaired) electrons. The summed E-state index contributed by atoms with van der Waals surface area (Å²) in [5.74, 6) is 0.501. The maximum Gasteiger partial charge on any atom is 0.234 e. The van der Waals surface area contributed by atoms with Crippen molar-refractivity contribution >= 4 is 22.6 Å². The van der Waals surface area contributed by atoms with Gasteiger partial charge in [-0.25, -0.2) is 0 Å². The topological polar surface area (TPSA) is 30.3 Å². The zero-order chi connectivity index (χ0) is 13.6. The standard InChI is InChI=1S/C14H18ClN3O/c1-9(2)17-4-5-18-11(8-17)6-10-7-12(15)14(19-3)16-13(10)18/h6-7,9H,4-5,8H2,1-3H3. The fourth-order valence-corrected chi connectivity index (χ4v) is 2.91. The van der Waals surface area contributed by atoms with Crippen LogP contribution in [-0.2, 0) is 13.1 Å². The second-order valence-corrected chi connectivity index (χ2v) is 5.65. The van der Waals surface area contributed by atoms with Crippen molar-refractivity contribution in [1.29, 1.82) is 0 Å². The molecular weight excluding hydrogens is 262 g/mol. The molecule has 102 valence electrons. The molecule has 0 atom stereocenters. The first-order chi connectivity index (χ1) is 9.10. The van der Waals surface area contributed by atoms with E-state index in [1.54, 1.807) is 7.11 Å². The minimum atomic E-state index is 0.501. The Balaban J connectivity index is 2.09. The first-order valence-electron chi connectivity index (χ1n) is 6.57. The Morgan fingerprint density at radius 1 is 1.32 bits per heavy atom. The van der Waals surface area contributed by atoms with Crippen LogP contribution in [0.2, 0.25) is 5.02 Å². The molecule has 0 unspecified atom stereocenters. The van der Waals surface area contributed by atoms with Crippen LogP contribution in [0.4, 0.5) is 0 Å². The lowest BCUT2D eigenvalue weighted by Crippen LogP contribution is -2.38. The Hall–Kier alpha value is -1.26. The van der Waals surface area contributed by atoms with Gasteiger partial charge in [0.1, 0.15) is 10.7 Å². The summed E-state index contributed by atoms with van der Waals surface area (Å²) in [5, 5.41) is 1.66. The SMILES string of the molecule is COc1nc2c(cc1Cl)cc1n2CCN(C(C)C)C1. The number of hydrogen-bond donors (Lipinski definition) is 0. The Morgan fingerprint density at radius 3 is 2.79 bits per heavy atom. The van der Waals surface area contributed by atoms with Crippen LogP contribution in [0, 0.1) is 0 Å². The smallest absolute Gasteiger partial charge is 0.234 e. The molecule has 4 nitrogen and oxygen atoms in total. The van der Waals surface area contributed by atoms with Crippen LogP contribution in [0.1, 0.15) is 19.5 Å². The lowest BCUT2D eigenvalue weighted by molar-refractivity contribution is 0.178. The van der Waals surface area contributed by atoms with E-state index in [-0.39, 0.29) is 0 Å². The van der Waals surface area contributed by atoms with E-state index in [0.717, 1.165) is 30.7 Å². The molecule has 0 spiro atoms. The monoisotopic (exact) mass is 279 g/mol. The van der Waals surface area contributed by atoms with E-state index in [4.69, 9.17) is 16.3 Å². The molecule has 0 N–H and O–H groups in total. The number of methoxy groups -OCH3 is 1. The van der Waals surface area contributed by atoms with Crippen LogP contribution in [-0.4, -0.2) is 34.1 Å². The third kappa shape index (κ3) is 2.09. The van der Waals surface area contributed by atoms with Gasteiger partial charge in [-0.1, -0.05) is 11.6 Å². The number of halogens is 1. The van der Waals surface area contributed by atoms with Gasteiger partial charge in [-0.05, 0) is 26.0 Å². The molecule has 0 saturated carbocycles. The average molecular weight is 280 g/mol. The van der Waals surface area contributed by atoms with Gasteiger partial charge in [-0.15, -0.1) is 0 Å². The molecule has 2 aromatic heterocycles. The largest absolute Gasteiger partial charge is 0.480 e. The van der Waals surface area contributed by atoms with Gasteiger partial charge in [0.15, 0.2) is 0 Å². The minimum absolute atomic E-state index is 0.501. The summed E-state index contributed by atoms with van der Waals surface area (Å²) in [7, 11) is 1.60. The zero-order valence-electron chi connectivity index (χ0n) is 11.5. The van der Waals surface area contributed by atoms with E-state index < -0.39 is 0 Å². The van der Waals surface area contributed by atoms with Crippen molar-refractivity contribution in [2.75, 3.05) is 13.7 Å². The maximum atomic E-state index is 6.14. The van der Waals surface area contributed by atoms with Crippen molar-refractivity contribution in [3.8, 4) is 5.88 Å². The second-order valence-electron chi connectivity index (χ2n) is 5.24. The van der Waals surface area contributed by atoms with Crippen LogP contribution in [0.25, 0.3) is 11.0 Å². The Morgan fingerprint density at radius 2 is 2.11 bits per heavy atom. The van der Waals surface area contributed by atoms with Crippen molar-refractivity contribution in [2.45, 2.75) is 33.0 Å². The van der Waals surface area contributed by atoms with Gasteiger partial charge in [0.05, 0.1) is 7.11 Å². The van der Waals surface area contributed by atoms with Gasteiger partial charge < -0.3 is 9.30 Å². The molecule has 2 aromatic rings. The first-order valence-corrected chi connectivity index (χ1v) is 6.94. The number of nitrogens with zero attached hydrogens (tertiary/aromatic N) is 3. The molecular formula is C14H18ClN3O. The van der Waals surface area contributed by atoms with Crippen LogP contribution < -0.4 is 4.74 Å². The number of rotatable bonds is 2. The van der Waals surface area contributed by atoms with Gasteiger partial charge in [0.25, 0.3) is 0 Å². The molecule has 19 heavy (non-hydrogen) atoms. The van der Waals surface area contributed by atoms with Gasteiger partial charge in [-0.2, -0.15) is 4.98 Å². The van der Waals surface area contributed by atoms with E-state index in [9.17, 15) is 0 Å². The summed E-state index contributed by atoms with van der Waals surface area (Å²) in [6.45, 7) is 7.46. The highest BCUT2D eigenvalue weighted by atomic mass is 35.5. The fraction of sp³-hybridized carbons (Fsp3) is 0.500. The third-order valence-corrected chi connectivity index (χ3v) is 4.05. The van der Waals surface area contributed by atoms with Gasteiger partial charge >= 0.3 is 0 Å². The molecule has 0 aromatic carbocycles. The molecule has 3 rings (SSSR count). The molecule has 3 heterocycles. The van der Waals surface area contributed by atoms with Crippen LogP contribution in [0.5, 0.6) is 5.88 Å². The lowest BCUT2D eigenvalue weighted by atomic mass is 10.2. The van der Waals surface area contributed by atoms with Crippen molar-refractivity contribution in [2.24, 2.45) is 0 Å². The molecule has 0 bridgehead atoms. The zero-order valence-corrected chi connectivity index (χ0v) is 12.2. The van der Waals surface area contributed by atoms with E-state index in [1.807, 2.05) is 6.07 Å². The molecule has 5 heteroatoms. The average Bonchev–Trinajstić information content (AvgIpc) is 2.73. The number of ether oxygens (including phenoxy) is 1. The molecule has 1 aliphatic rings. The quantitative estimate of drug-likeness (QED) is 0.847. The van der Waals surface area contributed by atoms with E-state index in [1.165, 1.54) is 5.69 Å². The Bertz CT molecular complexity index is 621. The summed E-state index contributed by atoms with van der Waals surface area (Å²) >= 11 is 6.14. The highest BCUT2D eigenvalue weighted by Crippen LogP contribution is 2.30. The highest BCUT2D eigenvalue weighted by Gasteiger charge is 2.21. The number of hydrogen-bond acceptors (Lipinski definition) is 3. The maximum absolute atomic E-state index is 6.14. The summed E-state index contributed by atoms with van der Waals surface area (Å²) in [4.78, 5) is 6.99. The van der Waals surface area contributed by atoms with Crippen molar-refractivity contribution < 1.29 is 4.74 Å². The molecule has 1 aliphatic heterocycles. The number of pyridine rings is 1. The van der Waals surface area contributed by atoms with Crippen molar-refractivity contribution in [3.63, 3.8) is 0 Å². The molecule has 0 amide bonds. The van der Waals surface area contributed by atoms with E-state index in [0.29, 0.717) is 16.9 Å². The van der Waals surface area contributed by atoms with Gasteiger partial charge in [0, 0.05) is 36.8 Å². The summed E-state index contributed by atoms with van der Waals surface area (Å²) in [5.41, 5.74) is 2.27. The van der Waals surface area contributed by atoms with Crippen LogP contribution in [0.3, 0.4) is 0 Å². The van der Waals surface area contributed by atoms with E-state index >= 15 is 0 Å². The lowest BCUT2D eigenvalue weighted by Gasteiger charge is -2.31. The van der Waals surface area contributed by atoms with Gasteiger partial charge in [-0.3, -0.25) is 4.90 Å².